The fraction of sp³-hybridized carbons (Fsp3) is 0.389. The van der Waals surface area contributed by atoms with Crippen LogP contribution in [-0.2, 0) is 74.5 Å². The molecule has 0 aliphatic heterocycles. The van der Waals surface area contributed by atoms with Gasteiger partial charge in [0, 0.05) is 87.1 Å². The average molecular weight is 1650 g/mol. The van der Waals surface area contributed by atoms with Crippen molar-refractivity contribution >= 4 is 31.2 Å². The number of hydrogen-bond acceptors (Lipinski definition) is 4. The Hall–Kier alpha value is -7.28. The number of rotatable bonds is 12. The zero-order chi connectivity index (χ0) is 82.9. The molecule has 8 aromatic rings. The van der Waals surface area contributed by atoms with Crippen molar-refractivity contribution in [2.24, 2.45) is 14.1 Å². The molecule has 9 rings (SSSR count). The van der Waals surface area contributed by atoms with E-state index in [1.165, 1.54) is 33.4 Å². The van der Waals surface area contributed by atoms with Gasteiger partial charge in [0.05, 0.1) is 13.2 Å². The number of pyridine rings is 4. The number of halogens is 24. The predicted molar refractivity (Wildman–Crippen MR) is 376 cm³/mol. The third-order valence-corrected chi connectivity index (χ3v) is 16.0. The number of nitrogens with zero attached hydrogens (tertiary/aromatic N) is 4. The molecular weight excluding hydrogens is 1560 g/mol. The molecule has 8 nitrogen and oxygen atoms in total. The van der Waals surface area contributed by atoms with Crippen molar-refractivity contribution in [1.29, 1.82) is 0 Å². The Morgan fingerprint density at radius 3 is 0.639 bits per heavy atom. The van der Waals surface area contributed by atoms with Gasteiger partial charge in [-0.25, -0.2) is 18.3 Å². The van der Waals surface area contributed by atoms with Crippen molar-refractivity contribution in [3.63, 3.8) is 0 Å². The third-order valence-electron chi connectivity index (χ3n) is 16.0. The predicted octanol–water partition coefficient (Wildman–Crippen LogP) is 27.0. The van der Waals surface area contributed by atoms with Gasteiger partial charge in [-0.15, -0.1) is 0 Å². The van der Waals surface area contributed by atoms with Gasteiger partial charge in [0.15, 0.2) is 62.7 Å². The summed E-state index contributed by atoms with van der Waals surface area (Å²) in [7, 11) is -38.6. The van der Waals surface area contributed by atoms with Crippen LogP contribution in [0.25, 0.3) is 22.3 Å². The molecule has 0 saturated carbocycles. The molecule has 0 fully saturated rings. The van der Waals surface area contributed by atoms with Crippen LogP contribution < -0.4 is 27.7 Å². The maximum atomic E-state index is 12.9. The summed E-state index contributed by atoms with van der Waals surface area (Å²) in [6.45, 7) is 29.6. The number of phenols is 2. The Bertz CT molecular complexity index is 4040. The molecule has 4 aromatic heterocycles. The van der Waals surface area contributed by atoms with E-state index in [0.29, 0.717) is 50.4 Å². The average Bonchev–Trinajstić information content (AvgIpc) is 0.750. The van der Waals surface area contributed by atoms with Gasteiger partial charge in [0.25, 0.3) is 0 Å². The molecule has 0 unspecified atom stereocenters. The SMILES string of the molecule is C[n+]1ccc(-c2cc[n+](CCCOc3c4cc(C(C)(C)C)cc3Cc3cc(C(C)(C)C)cc(c3O)Cc3cc(C(C)(C)C)cc(c3OCCC[n+]3ccc(-c5cc[n+](C)cc5)cc3)Cc3cc(C(C)(C)C)cc(c3O)C4)cc2)cc1.F[P-](F)(F)(F)(F)F.F[P-](F)(F)(F)(F)F.F[P-](F)(F)(F)(F)F.F[P-](F)(F)(F)(F)F. The normalized spacial score (nSPS) is 15.7. The van der Waals surface area contributed by atoms with Crippen LogP contribution in [0.3, 0.4) is 0 Å². The summed E-state index contributed by atoms with van der Waals surface area (Å²) in [5.41, 5.74) is 16.2. The Morgan fingerprint density at radius 1 is 0.296 bits per heavy atom. The molecule has 0 spiro atoms. The van der Waals surface area contributed by atoms with E-state index in [2.05, 4.69) is 239 Å². The molecule has 1 aliphatic carbocycles. The second-order valence-corrected chi connectivity index (χ2v) is 38.3. The molecule has 2 N–H and O–H groups in total. The molecule has 608 valence electrons. The standard InChI is InChI=1S/C72H86N4O4.4F6P/c1-69(2,3)61-41-53-37-57-45-63(71(7,8)9)47-59(67(57)79-35-15-25-75-31-21-51(22-32-75)49-17-27-73(13)28-18-49)39-55-43-62(70(4,5)6)44-56(66(55)78)40-60-48-64(72(10,11)12)46-58(38-54(42-61)65(53)77)68(60)80-36-16-26-76-33-23-52(24-34-76)50-19-29-74(14)30-20-50;4*1-7(2,3,4,5)6/h17-24,27-34,41-48H,15-16,25-26,35-40H2,1-14H3;;;;/q+2;4*-1/p+2. The number of hydrogen-bond donors (Lipinski definition) is 2. The molecule has 0 radical (unpaired) electrons. The number of aromatic nitrogens is 4. The number of fused-ring (bicyclic) bond motifs is 8. The quantitative estimate of drug-likeness (QED) is 0.0553. The van der Waals surface area contributed by atoms with Gasteiger partial charge in [-0.1, -0.05) is 132 Å². The van der Waals surface area contributed by atoms with Gasteiger partial charge in [-0.3, -0.25) is 0 Å². The van der Waals surface area contributed by atoms with Crippen LogP contribution in [-0.4, -0.2) is 23.4 Å². The molecule has 0 atom stereocenters. The van der Waals surface area contributed by atoms with E-state index >= 15 is 0 Å². The first-order chi connectivity index (χ1) is 47.6. The summed E-state index contributed by atoms with van der Waals surface area (Å²) in [5, 5.41) is 25.7. The van der Waals surface area contributed by atoms with Crippen molar-refractivity contribution in [2.45, 2.75) is 156 Å². The van der Waals surface area contributed by atoms with Crippen LogP contribution in [0.5, 0.6) is 23.0 Å². The van der Waals surface area contributed by atoms with Crippen LogP contribution in [0.4, 0.5) is 101 Å². The summed E-state index contributed by atoms with van der Waals surface area (Å²) < 4.78 is 260. The Morgan fingerprint density at radius 2 is 0.463 bits per heavy atom. The fourth-order valence-corrected chi connectivity index (χ4v) is 10.8. The van der Waals surface area contributed by atoms with E-state index in [1.54, 1.807) is 0 Å². The van der Waals surface area contributed by atoms with Crippen LogP contribution >= 0.6 is 31.2 Å². The second-order valence-electron chi connectivity index (χ2n) is 30.6. The molecule has 8 bridgehead atoms. The number of phenolic OH excluding ortho intramolecular Hbond substituents is 2. The maximum absolute atomic E-state index is 12.9. The third kappa shape index (κ3) is 37.4. The van der Waals surface area contributed by atoms with Crippen molar-refractivity contribution in [2.75, 3.05) is 13.2 Å². The Kier molecular flexibility index (Phi) is 24.1. The first kappa shape index (κ1) is 91.3. The second kappa shape index (κ2) is 28.5. The first-order valence-corrected chi connectivity index (χ1v) is 41.1. The Labute approximate surface area is 610 Å². The summed E-state index contributed by atoms with van der Waals surface area (Å²) >= 11 is 0. The summed E-state index contributed by atoms with van der Waals surface area (Å²) in [5.74, 6) is 2.25. The van der Waals surface area contributed by atoms with Crippen LogP contribution in [0.1, 0.15) is 163 Å². The summed E-state index contributed by atoms with van der Waals surface area (Å²) in [6, 6.07) is 35.4. The zero-order valence-corrected chi connectivity index (χ0v) is 64.9. The van der Waals surface area contributed by atoms with E-state index in [1.807, 2.05) is 23.2 Å². The van der Waals surface area contributed by atoms with Crippen LogP contribution in [0.15, 0.2) is 147 Å². The van der Waals surface area contributed by atoms with E-state index < -0.39 is 31.2 Å². The fourth-order valence-electron chi connectivity index (χ4n) is 10.8. The minimum atomic E-state index is -10.7. The summed E-state index contributed by atoms with van der Waals surface area (Å²) in [4.78, 5) is 0. The molecule has 4 heterocycles. The van der Waals surface area contributed by atoms with Gasteiger partial charge in [0.1, 0.15) is 37.1 Å². The van der Waals surface area contributed by atoms with E-state index in [-0.39, 0.29) is 21.7 Å². The monoisotopic (exact) mass is 1650 g/mol. The van der Waals surface area contributed by atoms with E-state index in [9.17, 15) is 111 Å². The number of aromatic hydroxyl groups is 2. The molecular formula is C72H88F24N4O4P4. The topological polar surface area (TPSA) is 74.4 Å². The minimum absolute atomic E-state index is 0.196. The summed E-state index contributed by atoms with van der Waals surface area (Å²) in [6.07, 6.45) is 20.3. The number of benzene rings is 4. The number of aryl methyl sites for hydroxylation is 4. The molecule has 1 aliphatic rings. The number of ether oxygens (including phenoxy) is 2. The van der Waals surface area contributed by atoms with Gasteiger partial charge in [0.2, 0.25) is 0 Å². The Balaban J connectivity index is 0.000000631. The van der Waals surface area contributed by atoms with Crippen molar-refractivity contribution in [1.82, 2.24) is 0 Å². The van der Waals surface area contributed by atoms with Crippen molar-refractivity contribution in [3.8, 4) is 45.3 Å². The van der Waals surface area contributed by atoms with E-state index in [0.717, 1.165) is 93.1 Å². The van der Waals surface area contributed by atoms with Crippen molar-refractivity contribution < 1.29 is 139 Å². The van der Waals surface area contributed by atoms with Gasteiger partial charge >= 0.3 is 132 Å². The molecule has 0 amide bonds. The van der Waals surface area contributed by atoms with E-state index in [4.69, 9.17) is 9.47 Å². The molecule has 0 saturated heterocycles. The van der Waals surface area contributed by atoms with Gasteiger partial charge < -0.3 is 19.7 Å². The van der Waals surface area contributed by atoms with Crippen molar-refractivity contribution in [3.05, 3.63) is 213 Å². The van der Waals surface area contributed by atoms with Gasteiger partial charge in [-0.2, -0.15) is 0 Å². The molecule has 4 aromatic carbocycles. The van der Waals surface area contributed by atoms with Crippen LogP contribution in [0.2, 0.25) is 0 Å². The molecule has 36 heteroatoms. The van der Waals surface area contributed by atoms with Crippen LogP contribution in [0, 0.1) is 0 Å². The zero-order valence-electron chi connectivity index (χ0n) is 61.3. The van der Waals surface area contributed by atoms with Gasteiger partial charge in [-0.05, 0) is 111 Å². The first-order valence-electron chi connectivity index (χ1n) is 33.0. The molecule has 108 heavy (non-hydrogen) atoms.